The molecule has 1 fully saturated rings. The average molecular weight is 540 g/mol. The Hall–Kier alpha value is -2.55. The smallest absolute Gasteiger partial charge is 0.347 e. The molecule has 2 aromatic carbocycles. The molecule has 36 heavy (non-hydrogen) atoms. The molecule has 0 unspecified atom stereocenters. The summed E-state index contributed by atoms with van der Waals surface area (Å²) in [5, 5.41) is 1.32. The van der Waals surface area contributed by atoms with Crippen molar-refractivity contribution in [1.82, 2.24) is 14.4 Å². The minimum Gasteiger partial charge on any atom is -0.347 e. The van der Waals surface area contributed by atoms with Gasteiger partial charge in [0, 0.05) is 61.3 Å². The van der Waals surface area contributed by atoms with Crippen LogP contribution in [0, 0.1) is 6.92 Å². The summed E-state index contributed by atoms with van der Waals surface area (Å²) >= 11 is 13.2. The molecule has 192 valence electrons. The van der Waals surface area contributed by atoms with Crippen molar-refractivity contribution in [1.29, 1.82) is 0 Å². The third kappa shape index (κ3) is 5.26. The van der Waals surface area contributed by atoms with Crippen LogP contribution >= 0.6 is 23.2 Å². The van der Waals surface area contributed by atoms with E-state index in [1.54, 1.807) is 42.5 Å². The molecule has 0 atom stereocenters. The van der Waals surface area contributed by atoms with Gasteiger partial charge in [-0.3, -0.25) is 14.5 Å². The Bertz CT molecular complexity index is 1340. The van der Waals surface area contributed by atoms with Gasteiger partial charge in [0.2, 0.25) is 0 Å². The van der Waals surface area contributed by atoms with E-state index in [1.165, 1.54) is 0 Å². The molecule has 10 heteroatoms. The van der Waals surface area contributed by atoms with Crippen molar-refractivity contribution in [2.24, 2.45) is 7.05 Å². The van der Waals surface area contributed by atoms with Gasteiger partial charge in [-0.2, -0.15) is 13.2 Å². The van der Waals surface area contributed by atoms with Crippen LogP contribution < -0.4 is 0 Å². The van der Waals surface area contributed by atoms with E-state index in [4.69, 9.17) is 23.2 Å². The molecule has 0 aliphatic carbocycles. The standard InChI is InChI=1S/C26H26Cl2F3N3O2/c1-15-10-17(26(29,30)31)11-23-20(15)12-18(32(23)3)13-21-22(27)5-4-19(24(21)28)25(36)34-8-6-33(7-9-34)14-16(2)35/h4-5,10-12H,6-9,13-14H2,1-3H3. The maximum absolute atomic E-state index is 13.3. The van der Waals surface area contributed by atoms with Crippen molar-refractivity contribution in [2.45, 2.75) is 26.4 Å². The van der Waals surface area contributed by atoms with Gasteiger partial charge in [0.15, 0.2) is 0 Å². The number of hydrogen-bond acceptors (Lipinski definition) is 3. The topological polar surface area (TPSA) is 45.6 Å². The number of Topliss-reactive ketones (excluding diaryl/α,β-unsaturated/α-hetero) is 1. The molecule has 1 aliphatic heterocycles. The number of piperazine rings is 1. The second kappa shape index (κ2) is 10.1. The second-order valence-electron chi connectivity index (χ2n) is 9.25. The number of benzene rings is 2. The fourth-order valence-corrected chi connectivity index (χ4v) is 5.28. The highest BCUT2D eigenvalue weighted by atomic mass is 35.5. The van der Waals surface area contributed by atoms with E-state index in [2.05, 4.69) is 0 Å². The highest BCUT2D eigenvalue weighted by Gasteiger charge is 2.32. The maximum Gasteiger partial charge on any atom is 0.416 e. The SMILES string of the molecule is CC(=O)CN1CCN(C(=O)c2ccc(Cl)c(Cc3cc4c(C)cc(C(F)(F)F)cc4n3C)c2Cl)CC1. The molecule has 3 aromatic rings. The summed E-state index contributed by atoms with van der Waals surface area (Å²) in [5.74, 6) is -0.138. The number of hydrogen-bond donors (Lipinski definition) is 0. The fraction of sp³-hybridized carbons (Fsp3) is 0.385. The molecule has 0 saturated carbocycles. The van der Waals surface area contributed by atoms with Crippen LogP contribution in [0.3, 0.4) is 0 Å². The van der Waals surface area contributed by atoms with Crippen molar-refractivity contribution in [3.63, 3.8) is 0 Å². The van der Waals surface area contributed by atoms with Gasteiger partial charge in [0.05, 0.1) is 22.7 Å². The fourth-order valence-electron chi connectivity index (χ4n) is 4.70. The first-order chi connectivity index (χ1) is 16.9. The number of alkyl halides is 3. The number of fused-ring (bicyclic) bond motifs is 1. The van der Waals surface area contributed by atoms with Crippen LogP contribution in [0.4, 0.5) is 13.2 Å². The van der Waals surface area contributed by atoms with Crippen LogP contribution in [0.25, 0.3) is 10.9 Å². The molecular weight excluding hydrogens is 514 g/mol. The van der Waals surface area contributed by atoms with Gasteiger partial charge in [-0.15, -0.1) is 0 Å². The Labute approximate surface area is 217 Å². The van der Waals surface area contributed by atoms with E-state index in [0.717, 1.165) is 17.8 Å². The van der Waals surface area contributed by atoms with E-state index in [1.807, 2.05) is 11.0 Å². The number of aromatic nitrogens is 1. The Kier molecular flexibility index (Phi) is 7.42. The zero-order valence-corrected chi connectivity index (χ0v) is 21.7. The number of ketones is 1. The number of carbonyl (C=O) groups excluding carboxylic acids is 2. The third-order valence-electron chi connectivity index (χ3n) is 6.68. The highest BCUT2D eigenvalue weighted by Crippen LogP contribution is 2.36. The zero-order chi connectivity index (χ0) is 26.4. The summed E-state index contributed by atoms with van der Waals surface area (Å²) in [4.78, 5) is 28.3. The van der Waals surface area contributed by atoms with Crippen molar-refractivity contribution in [3.8, 4) is 0 Å². The summed E-state index contributed by atoms with van der Waals surface area (Å²) in [6, 6.07) is 7.33. The molecular formula is C26H26Cl2F3N3O2. The lowest BCUT2D eigenvalue weighted by Crippen LogP contribution is -2.49. The van der Waals surface area contributed by atoms with Gasteiger partial charge >= 0.3 is 6.18 Å². The lowest BCUT2D eigenvalue weighted by molar-refractivity contribution is -0.137. The van der Waals surface area contributed by atoms with Crippen LogP contribution in [0.15, 0.2) is 30.3 Å². The predicted molar refractivity (Wildman–Crippen MR) is 135 cm³/mol. The molecule has 1 aliphatic rings. The van der Waals surface area contributed by atoms with Crippen molar-refractivity contribution in [3.05, 3.63) is 68.3 Å². The van der Waals surface area contributed by atoms with Gasteiger partial charge in [0.25, 0.3) is 5.91 Å². The highest BCUT2D eigenvalue weighted by molar-refractivity contribution is 6.38. The molecule has 0 N–H and O–H groups in total. The maximum atomic E-state index is 13.3. The van der Waals surface area contributed by atoms with Crippen LogP contribution in [-0.2, 0) is 24.4 Å². The summed E-state index contributed by atoms with van der Waals surface area (Å²) < 4.78 is 41.7. The van der Waals surface area contributed by atoms with Crippen LogP contribution in [0.5, 0.6) is 0 Å². The quantitative estimate of drug-likeness (QED) is 0.414. The van der Waals surface area contributed by atoms with E-state index in [-0.39, 0.29) is 23.1 Å². The minimum absolute atomic E-state index is 0.0818. The van der Waals surface area contributed by atoms with Crippen LogP contribution in [-0.4, -0.2) is 58.8 Å². The third-order valence-corrected chi connectivity index (χ3v) is 7.46. The molecule has 0 spiro atoms. The van der Waals surface area contributed by atoms with Gasteiger partial charge in [-0.05, 0) is 55.3 Å². The number of aryl methyl sites for hydroxylation is 2. The summed E-state index contributed by atoms with van der Waals surface area (Å²) in [7, 11) is 1.70. The zero-order valence-electron chi connectivity index (χ0n) is 20.2. The van der Waals surface area contributed by atoms with E-state index in [0.29, 0.717) is 65.3 Å². The van der Waals surface area contributed by atoms with Crippen LogP contribution in [0.2, 0.25) is 10.0 Å². The van der Waals surface area contributed by atoms with Gasteiger partial charge in [0.1, 0.15) is 5.78 Å². The van der Waals surface area contributed by atoms with E-state index >= 15 is 0 Å². The first-order valence-electron chi connectivity index (χ1n) is 11.5. The molecule has 2 heterocycles. The Balaban J connectivity index is 1.62. The van der Waals surface area contributed by atoms with Crippen LogP contribution in [0.1, 0.15) is 39.7 Å². The van der Waals surface area contributed by atoms with Gasteiger partial charge in [-0.1, -0.05) is 23.2 Å². The number of nitrogens with zero attached hydrogens (tertiary/aromatic N) is 3. The number of halogens is 5. The van der Waals surface area contributed by atoms with Gasteiger partial charge < -0.3 is 9.47 Å². The number of rotatable bonds is 5. The number of amides is 1. The molecule has 4 rings (SSSR count). The lowest BCUT2D eigenvalue weighted by atomic mass is 10.0. The lowest BCUT2D eigenvalue weighted by Gasteiger charge is -2.34. The van der Waals surface area contributed by atoms with Crippen molar-refractivity contribution in [2.75, 3.05) is 32.7 Å². The Morgan fingerprint density at radius 3 is 2.31 bits per heavy atom. The van der Waals surface area contributed by atoms with Crippen molar-refractivity contribution < 1.29 is 22.8 Å². The van der Waals surface area contributed by atoms with Gasteiger partial charge in [-0.25, -0.2) is 0 Å². The monoisotopic (exact) mass is 539 g/mol. The average Bonchev–Trinajstić information content (AvgIpc) is 3.12. The first kappa shape index (κ1) is 26.5. The first-order valence-corrected chi connectivity index (χ1v) is 12.3. The molecule has 1 amide bonds. The Morgan fingerprint density at radius 2 is 1.69 bits per heavy atom. The molecule has 5 nitrogen and oxygen atoms in total. The second-order valence-corrected chi connectivity index (χ2v) is 10.0. The Morgan fingerprint density at radius 1 is 1.03 bits per heavy atom. The molecule has 1 saturated heterocycles. The van der Waals surface area contributed by atoms with Crippen molar-refractivity contribution >= 4 is 45.8 Å². The summed E-state index contributed by atoms with van der Waals surface area (Å²) in [6.45, 7) is 5.70. The summed E-state index contributed by atoms with van der Waals surface area (Å²) in [6.07, 6.45) is -4.20. The van der Waals surface area contributed by atoms with E-state index in [9.17, 15) is 22.8 Å². The number of carbonyl (C=O) groups is 2. The molecule has 0 bridgehead atoms. The molecule has 0 radical (unpaired) electrons. The minimum atomic E-state index is -4.44. The van der Waals surface area contributed by atoms with E-state index < -0.39 is 11.7 Å². The normalized spacial score (nSPS) is 15.1. The largest absolute Gasteiger partial charge is 0.416 e. The predicted octanol–water partition coefficient (Wildman–Crippen LogP) is 5.75. The molecule has 1 aromatic heterocycles. The summed E-state index contributed by atoms with van der Waals surface area (Å²) in [5.41, 5.74) is 1.86.